The average Bonchev–Trinajstić information content (AvgIpc) is 3.39. The van der Waals surface area contributed by atoms with Gasteiger partial charge in [0.2, 0.25) is 0 Å². The molecule has 3 N–H and O–H groups in total. The molecule has 134 valence electrons. The summed E-state index contributed by atoms with van der Waals surface area (Å²) >= 11 is 0. The van der Waals surface area contributed by atoms with E-state index in [1.807, 2.05) is 12.3 Å². The minimum atomic E-state index is -0.636. The number of H-pyrrole nitrogens is 2. The molecule has 6 heteroatoms. The van der Waals surface area contributed by atoms with Crippen LogP contribution in [0.1, 0.15) is 29.5 Å². The number of benzene rings is 1. The van der Waals surface area contributed by atoms with Gasteiger partial charge < -0.3 is 10.1 Å². The Kier molecular flexibility index (Phi) is 5.04. The van der Waals surface area contributed by atoms with Gasteiger partial charge in [0.1, 0.15) is 12.4 Å². The van der Waals surface area contributed by atoms with Crippen LogP contribution < -0.4 is 0 Å². The third-order valence-corrected chi connectivity index (χ3v) is 6.64. The van der Waals surface area contributed by atoms with E-state index in [9.17, 15) is 5.11 Å². The first-order valence-corrected chi connectivity index (χ1v) is 10.3. The Morgan fingerprint density at radius 3 is 2.81 bits per heavy atom. The first kappa shape index (κ1) is 16.9. The minimum absolute atomic E-state index is 0.375. The number of nitrogens with one attached hydrogen (secondary N) is 2. The quantitative estimate of drug-likeness (QED) is 0.502. The van der Waals surface area contributed by atoms with Gasteiger partial charge in [-0.15, -0.1) is 0 Å². The van der Waals surface area contributed by atoms with Gasteiger partial charge >= 0.3 is 0 Å². The smallest absolute Gasteiger partial charge is 0.178 e. The van der Waals surface area contributed by atoms with Gasteiger partial charge in [0.25, 0.3) is 0 Å². The molecule has 26 heavy (non-hydrogen) atoms. The number of aryl methyl sites for hydroxylation is 1. The number of hydrogen-bond donors (Lipinski definition) is 4. The molecule has 3 heterocycles. The molecule has 0 aliphatic carbocycles. The van der Waals surface area contributed by atoms with Gasteiger partial charge in [-0.2, -0.15) is 16.0 Å². The Labute approximate surface area is 155 Å². The molecule has 3 aromatic rings. The number of aliphatic hydroxyl groups excluding tert-OH is 1. The topological polar surface area (TPSA) is 77.6 Å². The highest BCUT2D eigenvalue weighted by Gasteiger charge is 2.16. The number of nitrogens with zero attached hydrogens (tertiary/aromatic N) is 2. The second kappa shape index (κ2) is 7.76. The fourth-order valence-electron chi connectivity index (χ4n) is 3.17. The summed E-state index contributed by atoms with van der Waals surface area (Å²) in [6, 6.07) is 12.6. The van der Waals surface area contributed by atoms with Crippen molar-refractivity contribution in [1.29, 1.82) is 0 Å². The summed E-state index contributed by atoms with van der Waals surface area (Å²) in [5.74, 6) is 1.49. The molecule has 5 nitrogen and oxygen atoms in total. The van der Waals surface area contributed by atoms with Crippen molar-refractivity contribution < 1.29 is 5.11 Å². The summed E-state index contributed by atoms with van der Waals surface area (Å²) < 4.78 is 0. The molecule has 0 amide bonds. The lowest BCUT2D eigenvalue weighted by molar-refractivity contribution is 0.158. The fourth-order valence-corrected chi connectivity index (χ4v) is 5.15. The Hall–Kier alpha value is -2.57. The standard InChI is InChI=1S/C20H22N4OS/c25-18(19-22-14-23-24-19)7-6-17-8-11-21-20(17)26-12-9-16(10-13-26)15-4-2-1-3-5-15/h1-5,8-12,14,18,21,25-26H,6-7,13H2,(H,22,23,24). The predicted octanol–water partition coefficient (Wildman–Crippen LogP) is 3.77. The largest absolute Gasteiger partial charge is 0.385 e. The molecule has 0 saturated heterocycles. The first-order valence-electron chi connectivity index (χ1n) is 8.71. The molecule has 0 saturated carbocycles. The second-order valence-electron chi connectivity index (χ2n) is 6.26. The average molecular weight is 366 g/mol. The Morgan fingerprint density at radius 1 is 1.19 bits per heavy atom. The summed E-state index contributed by atoms with van der Waals surface area (Å²) in [6.07, 6.45) is 8.83. The summed E-state index contributed by atoms with van der Waals surface area (Å²) in [7, 11) is -0.375. The highest BCUT2D eigenvalue weighted by atomic mass is 32.2. The van der Waals surface area contributed by atoms with Gasteiger partial charge in [-0.25, -0.2) is 4.98 Å². The maximum absolute atomic E-state index is 10.2. The first-order chi connectivity index (χ1) is 12.8. The molecule has 1 aliphatic heterocycles. The summed E-state index contributed by atoms with van der Waals surface area (Å²) in [4.78, 5) is 7.44. The maximum atomic E-state index is 10.2. The van der Waals surface area contributed by atoms with Crippen molar-refractivity contribution in [2.75, 3.05) is 5.75 Å². The molecule has 0 radical (unpaired) electrons. The van der Waals surface area contributed by atoms with Gasteiger partial charge in [0.05, 0.1) is 5.03 Å². The molecule has 4 rings (SSSR count). The highest BCUT2D eigenvalue weighted by Crippen LogP contribution is 2.43. The number of aromatic nitrogens is 4. The van der Waals surface area contributed by atoms with Gasteiger partial charge in [0.15, 0.2) is 5.82 Å². The zero-order valence-corrected chi connectivity index (χ0v) is 15.2. The Bertz CT molecular complexity index is 899. The van der Waals surface area contributed by atoms with Crippen LogP contribution in [0.2, 0.25) is 0 Å². The lowest BCUT2D eigenvalue weighted by atomic mass is 10.1. The van der Waals surface area contributed by atoms with Gasteiger partial charge in [0, 0.05) is 11.9 Å². The summed E-state index contributed by atoms with van der Waals surface area (Å²) in [6.45, 7) is 0. The molecule has 1 aromatic carbocycles. The monoisotopic (exact) mass is 366 g/mol. The molecule has 2 unspecified atom stereocenters. The van der Waals surface area contributed by atoms with Crippen molar-refractivity contribution in [2.45, 2.75) is 24.0 Å². The summed E-state index contributed by atoms with van der Waals surface area (Å²) in [5, 5.41) is 20.4. The summed E-state index contributed by atoms with van der Waals surface area (Å²) in [5.41, 5.74) is 3.82. The van der Waals surface area contributed by atoms with E-state index in [0.717, 1.165) is 12.2 Å². The van der Waals surface area contributed by atoms with E-state index in [2.05, 4.69) is 68.1 Å². The number of rotatable bonds is 6. The SMILES string of the molecule is OC(CCc1cc[nH]c1[SH]1C=CC(c2ccccc2)=CC1)c1nc[nH]n1. The van der Waals surface area contributed by atoms with Crippen LogP contribution in [0.4, 0.5) is 0 Å². The van der Waals surface area contributed by atoms with Gasteiger partial charge in [-0.05, 0) is 47.1 Å². The zero-order chi connectivity index (χ0) is 17.8. The molecule has 0 spiro atoms. The molecule has 0 fully saturated rings. The van der Waals surface area contributed by atoms with Crippen molar-refractivity contribution in [3.05, 3.63) is 83.4 Å². The van der Waals surface area contributed by atoms with E-state index in [0.29, 0.717) is 12.2 Å². The molecular weight excluding hydrogens is 344 g/mol. The van der Waals surface area contributed by atoms with Crippen molar-refractivity contribution in [3.8, 4) is 0 Å². The van der Waals surface area contributed by atoms with Crippen LogP contribution in [-0.2, 0) is 6.42 Å². The fraction of sp³-hybridized carbons (Fsp3) is 0.200. The van der Waals surface area contributed by atoms with E-state index < -0.39 is 6.10 Å². The Morgan fingerprint density at radius 2 is 2.08 bits per heavy atom. The van der Waals surface area contributed by atoms with E-state index in [4.69, 9.17) is 0 Å². The maximum Gasteiger partial charge on any atom is 0.178 e. The number of aliphatic hydroxyl groups is 1. The molecule has 1 aliphatic rings. The van der Waals surface area contributed by atoms with Crippen molar-refractivity contribution >= 4 is 16.5 Å². The lowest BCUT2D eigenvalue weighted by Crippen LogP contribution is -2.03. The number of thiol groups is 1. The number of allylic oxidation sites excluding steroid dienone is 2. The van der Waals surface area contributed by atoms with E-state index >= 15 is 0 Å². The van der Waals surface area contributed by atoms with E-state index in [1.165, 1.54) is 28.1 Å². The molecule has 2 atom stereocenters. The number of hydrogen-bond acceptors (Lipinski definition) is 3. The third kappa shape index (κ3) is 3.66. The van der Waals surface area contributed by atoms with Crippen LogP contribution in [0.25, 0.3) is 5.57 Å². The highest BCUT2D eigenvalue weighted by molar-refractivity contribution is 8.19. The van der Waals surface area contributed by atoms with Crippen LogP contribution in [0.3, 0.4) is 0 Å². The van der Waals surface area contributed by atoms with Crippen LogP contribution in [0, 0.1) is 0 Å². The molecule has 2 aromatic heterocycles. The van der Waals surface area contributed by atoms with E-state index in [-0.39, 0.29) is 10.9 Å². The molecular formula is C20H22N4OS. The zero-order valence-electron chi connectivity index (χ0n) is 14.3. The normalized spacial score (nSPS) is 19.3. The predicted molar refractivity (Wildman–Crippen MR) is 106 cm³/mol. The third-order valence-electron chi connectivity index (χ3n) is 4.56. The van der Waals surface area contributed by atoms with Crippen LogP contribution >= 0.6 is 10.9 Å². The van der Waals surface area contributed by atoms with Crippen LogP contribution in [0.15, 0.2) is 71.5 Å². The number of aromatic amines is 2. The second-order valence-corrected chi connectivity index (χ2v) is 8.31. The molecule has 0 bridgehead atoms. The van der Waals surface area contributed by atoms with Crippen LogP contribution in [-0.4, -0.2) is 31.0 Å². The van der Waals surface area contributed by atoms with Gasteiger partial charge in [-0.3, -0.25) is 5.10 Å². The van der Waals surface area contributed by atoms with Crippen molar-refractivity contribution in [1.82, 2.24) is 20.2 Å². The van der Waals surface area contributed by atoms with E-state index in [1.54, 1.807) is 0 Å². The van der Waals surface area contributed by atoms with Crippen molar-refractivity contribution in [3.63, 3.8) is 0 Å². The van der Waals surface area contributed by atoms with Crippen LogP contribution in [0.5, 0.6) is 0 Å². The van der Waals surface area contributed by atoms with Gasteiger partial charge in [-0.1, -0.05) is 36.4 Å². The minimum Gasteiger partial charge on any atom is -0.385 e. The Balaban J connectivity index is 1.42. The van der Waals surface area contributed by atoms with Crippen molar-refractivity contribution in [2.24, 2.45) is 0 Å². The lowest BCUT2D eigenvalue weighted by Gasteiger charge is -2.21.